The van der Waals surface area contributed by atoms with E-state index >= 15 is 4.79 Å². The summed E-state index contributed by atoms with van der Waals surface area (Å²) in [6.45, 7) is 9.57. The van der Waals surface area contributed by atoms with Crippen LogP contribution in [0.3, 0.4) is 0 Å². The van der Waals surface area contributed by atoms with Crippen LogP contribution in [0.25, 0.3) is 0 Å². The molecular formula is C59H96O28. The number of ether oxygens (including phenoxy) is 10. The highest BCUT2D eigenvalue weighted by atomic mass is 16.8. The van der Waals surface area contributed by atoms with Crippen molar-refractivity contribution in [2.45, 2.75) is 259 Å². The summed E-state index contributed by atoms with van der Waals surface area (Å²) in [6.07, 6.45) is -32.6. The van der Waals surface area contributed by atoms with E-state index in [-0.39, 0.29) is 40.6 Å². The molecule has 500 valence electrons. The third-order valence-electron chi connectivity index (χ3n) is 23.3. The lowest BCUT2D eigenvalue weighted by Gasteiger charge is -2.71. The van der Waals surface area contributed by atoms with Crippen LogP contribution in [0.5, 0.6) is 0 Å². The van der Waals surface area contributed by atoms with E-state index in [4.69, 9.17) is 47.4 Å². The number of carbonyl (C=O) groups excluding carboxylic acids is 1. The number of aliphatic hydroxyl groups is 17. The van der Waals surface area contributed by atoms with E-state index in [9.17, 15) is 86.8 Å². The second-order valence-corrected chi connectivity index (χ2v) is 28.5. The Hall–Kier alpha value is -1.83. The number of esters is 1. The molecule has 0 aromatic carbocycles. The van der Waals surface area contributed by atoms with Crippen molar-refractivity contribution in [3.05, 3.63) is 11.6 Å². The molecule has 0 aromatic rings. The zero-order valence-corrected chi connectivity index (χ0v) is 50.2. The van der Waals surface area contributed by atoms with Crippen molar-refractivity contribution in [1.82, 2.24) is 0 Å². The first-order valence-corrected chi connectivity index (χ1v) is 30.9. The Labute approximate surface area is 504 Å². The Morgan fingerprint density at radius 3 is 1.67 bits per heavy atom. The number of aliphatic hydroxyl groups excluding tert-OH is 17. The van der Waals surface area contributed by atoms with Crippen LogP contribution in [-0.4, -0.2) is 286 Å². The lowest BCUT2D eigenvalue weighted by molar-refractivity contribution is -0.380. The molecule has 17 N–H and O–H groups in total. The minimum Gasteiger partial charge on any atom is -0.432 e. The van der Waals surface area contributed by atoms with Gasteiger partial charge >= 0.3 is 5.97 Å². The Morgan fingerprint density at radius 2 is 1.06 bits per heavy atom. The molecule has 0 amide bonds. The summed E-state index contributed by atoms with van der Waals surface area (Å²) in [7, 11) is 0. The summed E-state index contributed by atoms with van der Waals surface area (Å²) < 4.78 is 58.5. The van der Waals surface area contributed by atoms with Gasteiger partial charge in [0.25, 0.3) is 0 Å². The van der Waals surface area contributed by atoms with Crippen LogP contribution in [0.2, 0.25) is 0 Å². The van der Waals surface area contributed by atoms with E-state index in [1.165, 1.54) is 0 Å². The third kappa shape index (κ3) is 11.5. The molecule has 87 heavy (non-hydrogen) atoms. The summed E-state index contributed by atoms with van der Waals surface area (Å²) in [4.78, 5) is 15.1. The van der Waals surface area contributed by atoms with Crippen molar-refractivity contribution in [2.75, 3.05) is 39.6 Å². The predicted molar refractivity (Wildman–Crippen MR) is 291 cm³/mol. The molecule has 4 saturated carbocycles. The number of hydrogen-bond acceptors (Lipinski definition) is 28. The van der Waals surface area contributed by atoms with E-state index in [2.05, 4.69) is 40.7 Å². The molecule has 0 radical (unpaired) electrons. The maximum absolute atomic E-state index is 15.1. The van der Waals surface area contributed by atoms with E-state index < -0.39 is 209 Å². The fourth-order valence-electron chi connectivity index (χ4n) is 17.6. The maximum atomic E-state index is 15.1. The number of hydrogen-bond donors (Lipinski definition) is 17. The Morgan fingerprint density at radius 1 is 0.529 bits per heavy atom. The van der Waals surface area contributed by atoms with Gasteiger partial charge in [-0.1, -0.05) is 53.2 Å². The van der Waals surface area contributed by atoms with Gasteiger partial charge in [0.2, 0.25) is 6.29 Å². The molecule has 0 unspecified atom stereocenters. The topological polar surface area (TPSA) is 453 Å². The highest BCUT2D eigenvalue weighted by molar-refractivity contribution is 5.79. The zero-order valence-electron chi connectivity index (χ0n) is 50.2. The minimum absolute atomic E-state index is 0.0773. The van der Waals surface area contributed by atoms with E-state index in [0.717, 1.165) is 12.0 Å². The summed E-state index contributed by atoms with van der Waals surface area (Å²) >= 11 is 0. The Bertz CT molecular complexity index is 2400. The van der Waals surface area contributed by atoms with Gasteiger partial charge in [-0.15, -0.1) is 0 Å². The van der Waals surface area contributed by atoms with E-state index in [1.807, 2.05) is 6.92 Å². The Kier molecular flexibility index (Phi) is 19.9. The lowest BCUT2D eigenvalue weighted by atomic mass is 9.33. The number of carbonyl (C=O) groups is 1. The monoisotopic (exact) mass is 1250 g/mol. The van der Waals surface area contributed by atoms with Crippen LogP contribution in [-0.2, 0) is 52.2 Å². The number of allylic oxidation sites excluding steroid dienone is 2. The van der Waals surface area contributed by atoms with Crippen LogP contribution in [0.4, 0.5) is 0 Å². The molecule has 0 bridgehead atoms. The molecule has 10 aliphatic rings. The van der Waals surface area contributed by atoms with Crippen molar-refractivity contribution >= 4 is 5.97 Å². The molecular weight excluding hydrogens is 1160 g/mol. The fourth-order valence-corrected chi connectivity index (χ4v) is 17.6. The molecule has 28 nitrogen and oxygen atoms in total. The molecule has 5 aliphatic carbocycles. The maximum Gasteiger partial charge on any atom is 0.315 e. The summed E-state index contributed by atoms with van der Waals surface area (Å²) in [6, 6.07) is 0. The van der Waals surface area contributed by atoms with Crippen LogP contribution in [0.15, 0.2) is 11.6 Å². The first-order valence-electron chi connectivity index (χ1n) is 30.9. The van der Waals surface area contributed by atoms with Gasteiger partial charge in [-0.2, -0.15) is 0 Å². The first-order chi connectivity index (χ1) is 40.9. The SMILES string of the molecule is CC1(C)CC[C@]2(C(=O)O[C@@H]3O[C@H](CO[C@@H]4O[C@H](CO)[C@@H](O)[C@H](O)[C@H]4O)[C@@H](O)[C@H](O)[C@H]3O)CC[C@]3(C)C(=CC[C@@H]4[C@@]5(C)CC[C@H](O[C@@H]6O[C@H](CO)[C@@H](O[C@@H]7O[C@H](CO)[C@@H](O[C@@H]8OC[C@H](O)[C@H](O)[C@H]8O)[C@H](O)[C@H]7O)[C@H](O)[C@H]6O)[C@@](C)(CO)[C@@H]5CC[C@]43C)[C@@H]2C1. The van der Waals surface area contributed by atoms with Crippen LogP contribution < -0.4 is 0 Å². The van der Waals surface area contributed by atoms with Crippen molar-refractivity contribution < 1.29 is 139 Å². The minimum atomic E-state index is -1.95. The molecule has 0 aromatic heterocycles. The molecule has 28 heteroatoms. The molecule has 10 rings (SSSR count). The molecule has 5 heterocycles. The van der Waals surface area contributed by atoms with Gasteiger partial charge in [-0.3, -0.25) is 4.79 Å². The van der Waals surface area contributed by atoms with Crippen molar-refractivity contribution in [3.63, 3.8) is 0 Å². The average molecular weight is 1250 g/mol. The van der Waals surface area contributed by atoms with Gasteiger partial charge in [0.05, 0.1) is 51.2 Å². The molecule has 9 fully saturated rings. The lowest BCUT2D eigenvalue weighted by Crippen LogP contribution is -2.68. The molecule has 5 aliphatic heterocycles. The smallest absolute Gasteiger partial charge is 0.315 e. The predicted octanol–water partition coefficient (Wildman–Crippen LogP) is -4.60. The summed E-state index contributed by atoms with van der Waals surface area (Å²) in [5.41, 5.74) is -2.15. The third-order valence-corrected chi connectivity index (χ3v) is 23.3. The quantitative estimate of drug-likeness (QED) is 0.0417. The second-order valence-electron chi connectivity index (χ2n) is 28.5. The standard InChI is InChI=1S/C59H96O28/c1-54(2)13-15-59(53(77)87-52-43(74)38(69)36(67)30(83-52)22-79-48-42(73)37(68)35(66)27(18-60)80-48)16-14-57(5)24(25(59)17-54)7-8-32-55(3)11-10-33(56(4,23-63)31(55)9-12-58(32,57)6)84-50-44(75)39(70)47(29(20-62)81-50)86-51-45(76)40(71)46(28(19-61)82-51)85-49-41(72)34(65)26(64)21-78-49/h7,25-52,60-76H,8-23H2,1-6H3/t25-,26-,27+,28+,29+,30+,31+,32+,33-,34-,35+,36+,37-,38-,39+,40+,41+,42+,43+,44+,45+,46+,47+,48+,49-,50-,51-,52-,55-,56-,57+,58+,59-/m0/s1. The van der Waals surface area contributed by atoms with E-state index in [1.54, 1.807) is 0 Å². The normalized spacial score (nSPS) is 54.3. The molecule has 33 atom stereocenters. The fraction of sp³-hybridized carbons (Fsp3) is 0.949. The summed E-state index contributed by atoms with van der Waals surface area (Å²) in [5.74, 6) is -0.972. The average Bonchev–Trinajstić information content (AvgIpc) is 0.693. The van der Waals surface area contributed by atoms with Gasteiger partial charge in [0.15, 0.2) is 25.2 Å². The van der Waals surface area contributed by atoms with Gasteiger partial charge < -0.3 is 134 Å². The molecule has 0 spiro atoms. The van der Waals surface area contributed by atoms with E-state index in [0.29, 0.717) is 57.8 Å². The zero-order chi connectivity index (χ0) is 63.4. The van der Waals surface area contributed by atoms with Gasteiger partial charge in [0.1, 0.15) is 116 Å². The summed E-state index contributed by atoms with van der Waals surface area (Å²) in [5, 5.41) is 183. The van der Waals surface area contributed by atoms with Gasteiger partial charge in [0, 0.05) is 5.41 Å². The van der Waals surface area contributed by atoms with Crippen LogP contribution in [0, 0.1) is 50.2 Å². The second kappa shape index (κ2) is 25.5. The van der Waals surface area contributed by atoms with Crippen molar-refractivity contribution in [1.29, 1.82) is 0 Å². The largest absolute Gasteiger partial charge is 0.432 e. The van der Waals surface area contributed by atoms with Crippen LogP contribution >= 0.6 is 0 Å². The highest BCUT2D eigenvalue weighted by Gasteiger charge is 2.71. The van der Waals surface area contributed by atoms with Crippen LogP contribution in [0.1, 0.15) is 106 Å². The van der Waals surface area contributed by atoms with Gasteiger partial charge in [-0.25, -0.2) is 0 Å². The number of rotatable bonds is 15. The molecule has 5 saturated heterocycles. The van der Waals surface area contributed by atoms with Crippen molar-refractivity contribution in [3.8, 4) is 0 Å². The highest BCUT2D eigenvalue weighted by Crippen LogP contribution is 2.76. The van der Waals surface area contributed by atoms with Gasteiger partial charge in [-0.05, 0) is 104 Å². The van der Waals surface area contributed by atoms with Crippen molar-refractivity contribution in [2.24, 2.45) is 50.2 Å². The first kappa shape index (κ1) is 68.0. The number of fused-ring (bicyclic) bond motifs is 7. The Balaban J connectivity index is 0.818.